The average Bonchev–Trinajstić information content (AvgIpc) is 3.04. The van der Waals surface area contributed by atoms with E-state index in [2.05, 4.69) is 23.1 Å². The van der Waals surface area contributed by atoms with Gasteiger partial charge in [0.15, 0.2) is 0 Å². The molecule has 5 nitrogen and oxygen atoms in total. The summed E-state index contributed by atoms with van der Waals surface area (Å²) < 4.78 is 13.5. The maximum atomic E-state index is 6.04. The van der Waals surface area contributed by atoms with E-state index in [1.807, 2.05) is 17.9 Å². The molecule has 2 aliphatic rings. The van der Waals surface area contributed by atoms with E-state index in [1.54, 1.807) is 0 Å². The van der Waals surface area contributed by atoms with Crippen molar-refractivity contribution in [3.63, 3.8) is 0 Å². The van der Waals surface area contributed by atoms with Crippen LogP contribution in [0.2, 0.25) is 0 Å². The highest BCUT2D eigenvalue weighted by Crippen LogP contribution is 2.35. The van der Waals surface area contributed by atoms with Gasteiger partial charge in [-0.1, -0.05) is 0 Å². The van der Waals surface area contributed by atoms with Crippen LogP contribution in [0.3, 0.4) is 0 Å². The molecule has 1 saturated heterocycles. The van der Waals surface area contributed by atoms with Crippen molar-refractivity contribution >= 4 is 0 Å². The molecule has 0 radical (unpaired) electrons. The van der Waals surface area contributed by atoms with Crippen molar-refractivity contribution in [3.8, 4) is 0 Å². The first-order valence-electron chi connectivity index (χ1n) is 7.69. The van der Waals surface area contributed by atoms with Crippen molar-refractivity contribution in [2.75, 3.05) is 26.4 Å². The molecule has 0 spiro atoms. The van der Waals surface area contributed by atoms with Crippen LogP contribution in [0.25, 0.3) is 0 Å². The topological polar surface area (TPSA) is 39.5 Å². The number of aryl methyl sites for hydroxylation is 1. The van der Waals surface area contributed by atoms with Crippen LogP contribution in [-0.4, -0.2) is 53.2 Å². The van der Waals surface area contributed by atoms with Crippen LogP contribution < -0.4 is 0 Å². The maximum absolute atomic E-state index is 6.04. The van der Waals surface area contributed by atoms with Crippen molar-refractivity contribution in [3.05, 3.63) is 18.0 Å². The van der Waals surface area contributed by atoms with Gasteiger partial charge >= 0.3 is 0 Å². The van der Waals surface area contributed by atoms with Gasteiger partial charge in [-0.3, -0.25) is 9.58 Å². The van der Waals surface area contributed by atoms with Gasteiger partial charge in [0.2, 0.25) is 0 Å². The summed E-state index contributed by atoms with van der Waals surface area (Å²) in [6.45, 7) is 6.55. The van der Waals surface area contributed by atoms with Crippen LogP contribution in [0, 0.1) is 5.92 Å². The third-order valence-electron chi connectivity index (χ3n) is 4.51. The van der Waals surface area contributed by atoms with E-state index in [1.165, 1.54) is 18.4 Å². The molecule has 1 saturated carbocycles. The lowest BCUT2D eigenvalue weighted by Gasteiger charge is -2.39. The molecule has 20 heavy (non-hydrogen) atoms. The van der Waals surface area contributed by atoms with Crippen LogP contribution in [0.15, 0.2) is 12.4 Å². The molecule has 0 N–H and O–H groups in total. The summed E-state index contributed by atoms with van der Waals surface area (Å²) in [6, 6.07) is 0.550. The van der Waals surface area contributed by atoms with E-state index in [0.29, 0.717) is 18.1 Å². The molecular weight excluding hydrogens is 254 g/mol. The van der Waals surface area contributed by atoms with Crippen molar-refractivity contribution in [2.24, 2.45) is 13.0 Å². The van der Waals surface area contributed by atoms with Crippen molar-refractivity contribution in [2.45, 2.75) is 38.5 Å². The van der Waals surface area contributed by atoms with Gasteiger partial charge in [0.1, 0.15) is 0 Å². The number of morpholine rings is 1. The number of nitrogens with zero attached hydrogens (tertiary/aromatic N) is 3. The van der Waals surface area contributed by atoms with Crippen LogP contribution in [0.4, 0.5) is 0 Å². The number of hydrogen-bond acceptors (Lipinski definition) is 4. The van der Waals surface area contributed by atoms with Gasteiger partial charge in [-0.05, 0) is 19.8 Å². The quantitative estimate of drug-likeness (QED) is 0.817. The highest BCUT2D eigenvalue weighted by atomic mass is 16.5. The van der Waals surface area contributed by atoms with Crippen LogP contribution in [-0.2, 0) is 23.1 Å². The van der Waals surface area contributed by atoms with E-state index in [4.69, 9.17) is 9.47 Å². The number of rotatable bonds is 5. The largest absolute Gasteiger partial charge is 0.381 e. The molecule has 0 bridgehead atoms. The summed E-state index contributed by atoms with van der Waals surface area (Å²) in [4.78, 5) is 2.57. The third kappa shape index (κ3) is 2.90. The number of hydrogen-bond donors (Lipinski definition) is 0. The normalized spacial score (nSPS) is 30.6. The first-order chi connectivity index (χ1) is 9.78. The highest BCUT2D eigenvalue weighted by Gasteiger charge is 2.42. The second-order valence-electron chi connectivity index (χ2n) is 5.89. The van der Waals surface area contributed by atoms with E-state index >= 15 is 0 Å². The van der Waals surface area contributed by atoms with Crippen LogP contribution in [0.1, 0.15) is 25.3 Å². The summed E-state index contributed by atoms with van der Waals surface area (Å²) in [7, 11) is 1.97. The second-order valence-corrected chi connectivity index (χ2v) is 5.89. The molecule has 1 aliphatic carbocycles. The van der Waals surface area contributed by atoms with Gasteiger partial charge in [-0.25, -0.2) is 0 Å². The molecular formula is C15H25N3O2. The molecule has 1 aromatic heterocycles. The Morgan fingerprint density at radius 3 is 3.10 bits per heavy atom. The Labute approximate surface area is 120 Å². The summed E-state index contributed by atoms with van der Waals surface area (Å²) in [6.07, 6.45) is 6.88. The lowest BCUT2D eigenvalue weighted by Crippen LogP contribution is -2.50. The fourth-order valence-electron chi connectivity index (χ4n) is 3.57. The van der Waals surface area contributed by atoms with Gasteiger partial charge in [0, 0.05) is 50.5 Å². The molecule has 3 rings (SSSR count). The average molecular weight is 279 g/mol. The summed E-state index contributed by atoms with van der Waals surface area (Å²) in [5, 5.41) is 4.26. The third-order valence-corrected chi connectivity index (χ3v) is 4.51. The SMILES string of the molecule is CCOC[C@@H]1CC[C@H]2[C@H]1OCCN2Cc1cnn(C)c1. The predicted octanol–water partition coefficient (Wildman–Crippen LogP) is 1.44. The Hall–Kier alpha value is -0.910. The van der Waals surface area contributed by atoms with Gasteiger partial charge in [-0.15, -0.1) is 0 Å². The molecule has 1 aromatic rings. The molecule has 5 heteroatoms. The molecule has 112 valence electrons. The summed E-state index contributed by atoms with van der Waals surface area (Å²) >= 11 is 0. The molecule has 0 unspecified atom stereocenters. The predicted molar refractivity (Wildman–Crippen MR) is 76.4 cm³/mol. The van der Waals surface area contributed by atoms with Crippen molar-refractivity contribution in [1.82, 2.24) is 14.7 Å². The Balaban J connectivity index is 1.62. The van der Waals surface area contributed by atoms with Crippen molar-refractivity contribution < 1.29 is 9.47 Å². The molecule has 2 heterocycles. The highest BCUT2D eigenvalue weighted by molar-refractivity contribution is 5.05. The van der Waals surface area contributed by atoms with Gasteiger partial charge in [0.25, 0.3) is 0 Å². The fraction of sp³-hybridized carbons (Fsp3) is 0.800. The zero-order chi connectivity index (χ0) is 13.9. The Morgan fingerprint density at radius 1 is 1.45 bits per heavy atom. The summed E-state index contributed by atoms with van der Waals surface area (Å²) in [5.41, 5.74) is 1.29. The lowest BCUT2D eigenvalue weighted by atomic mass is 10.0. The maximum Gasteiger partial charge on any atom is 0.0781 e. The zero-order valence-corrected chi connectivity index (χ0v) is 12.5. The second kappa shape index (κ2) is 6.24. The first kappa shape index (κ1) is 14.0. The minimum Gasteiger partial charge on any atom is -0.381 e. The molecule has 1 aliphatic heterocycles. The first-order valence-corrected chi connectivity index (χ1v) is 7.69. The lowest BCUT2D eigenvalue weighted by molar-refractivity contribution is -0.0875. The Kier molecular flexibility index (Phi) is 4.38. The Morgan fingerprint density at radius 2 is 2.35 bits per heavy atom. The van der Waals surface area contributed by atoms with E-state index in [-0.39, 0.29) is 0 Å². The Bertz CT molecular complexity index is 435. The van der Waals surface area contributed by atoms with Crippen molar-refractivity contribution in [1.29, 1.82) is 0 Å². The van der Waals surface area contributed by atoms with Gasteiger partial charge in [0.05, 0.1) is 25.5 Å². The van der Waals surface area contributed by atoms with E-state index in [9.17, 15) is 0 Å². The minimum atomic E-state index is 0.354. The fourth-order valence-corrected chi connectivity index (χ4v) is 3.57. The van der Waals surface area contributed by atoms with Gasteiger partial charge in [-0.2, -0.15) is 5.10 Å². The molecule has 0 amide bonds. The zero-order valence-electron chi connectivity index (χ0n) is 12.5. The van der Waals surface area contributed by atoms with E-state index in [0.717, 1.165) is 32.9 Å². The summed E-state index contributed by atoms with van der Waals surface area (Å²) in [5.74, 6) is 0.566. The van der Waals surface area contributed by atoms with E-state index < -0.39 is 0 Å². The standard InChI is InChI=1S/C15H25N3O2/c1-3-19-11-13-4-5-14-15(13)20-7-6-18(14)10-12-8-16-17(2)9-12/h8-9,13-15H,3-7,10-11H2,1-2H3/t13-,14-,15-/m0/s1. The van der Waals surface area contributed by atoms with Crippen LogP contribution in [0.5, 0.6) is 0 Å². The van der Waals surface area contributed by atoms with Crippen LogP contribution >= 0.6 is 0 Å². The molecule has 3 atom stereocenters. The minimum absolute atomic E-state index is 0.354. The monoisotopic (exact) mass is 279 g/mol. The number of ether oxygens (including phenoxy) is 2. The molecule has 0 aromatic carbocycles. The number of fused-ring (bicyclic) bond motifs is 1. The number of aromatic nitrogens is 2. The van der Waals surface area contributed by atoms with Gasteiger partial charge < -0.3 is 9.47 Å². The molecule has 2 fully saturated rings. The smallest absolute Gasteiger partial charge is 0.0781 e.